The SMILES string of the molecule is O=S1c2ccccc2-c2cccc(-c3cccc(-n4c5ccccc5c5cc(-c6cccc(-c7nc(-c8ccccc8)cc(-c8ccccc8)n7)c6)ccc54)c3)c21. The van der Waals surface area contributed by atoms with E-state index in [0.29, 0.717) is 5.82 Å². The van der Waals surface area contributed by atoms with Gasteiger partial charge in [0.05, 0.1) is 43.0 Å². The summed E-state index contributed by atoms with van der Waals surface area (Å²) in [4.78, 5) is 12.0. The summed E-state index contributed by atoms with van der Waals surface area (Å²) in [6.45, 7) is 0. The summed E-state index contributed by atoms with van der Waals surface area (Å²) in [5.41, 5.74) is 14.5. The molecule has 3 heterocycles. The van der Waals surface area contributed by atoms with Gasteiger partial charge in [-0.2, -0.15) is 0 Å². The second kappa shape index (κ2) is 13.5. The lowest BCUT2D eigenvalue weighted by Crippen LogP contribution is -1.96. The maximum absolute atomic E-state index is 13.8. The van der Waals surface area contributed by atoms with E-state index in [4.69, 9.17) is 9.97 Å². The van der Waals surface area contributed by atoms with Crippen LogP contribution in [0.2, 0.25) is 0 Å². The first kappa shape index (κ1) is 33.2. The Labute approximate surface area is 332 Å². The van der Waals surface area contributed by atoms with Crippen LogP contribution in [0.15, 0.2) is 210 Å². The highest BCUT2D eigenvalue weighted by atomic mass is 32.2. The molecule has 0 aliphatic carbocycles. The third kappa shape index (κ3) is 5.63. The highest BCUT2D eigenvalue weighted by Crippen LogP contribution is 2.46. The molecule has 268 valence electrons. The number of hydrogen-bond acceptors (Lipinski definition) is 3. The zero-order valence-electron chi connectivity index (χ0n) is 30.7. The summed E-state index contributed by atoms with van der Waals surface area (Å²) in [7, 11) is -1.24. The fourth-order valence-electron chi connectivity index (χ4n) is 8.31. The van der Waals surface area contributed by atoms with E-state index >= 15 is 0 Å². The van der Waals surface area contributed by atoms with Gasteiger partial charge in [-0.25, -0.2) is 14.2 Å². The fraction of sp³-hybridized carbons (Fsp3) is 0. The Morgan fingerprint density at radius 3 is 1.77 bits per heavy atom. The summed E-state index contributed by atoms with van der Waals surface area (Å²) in [6.07, 6.45) is 0. The van der Waals surface area contributed by atoms with E-state index < -0.39 is 10.8 Å². The largest absolute Gasteiger partial charge is 0.309 e. The molecule has 0 N–H and O–H groups in total. The quantitative estimate of drug-likeness (QED) is 0.170. The summed E-state index contributed by atoms with van der Waals surface area (Å²) in [5.74, 6) is 0.686. The second-order valence-electron chi connectivity index (χ2n) is 14.4. The van der Waals surface area contributed by atoms with Crippen LogP contribution in [0, 0.1) is 0 Å². The van der Waals surface area contributed by atoms with E-state index in [9.17, 15) is 4.21 Å². The molecule has 1 aliphatic heterocycles. The highest BCUT2D eigenvalue weighted by molar-refractivity contribution is 7.86. The minimum Gasteiger partial charge on any atom is -0.309 e. The summed E-state index contributed by atoms with van der Waals surface area (Å²) in [6, 6.07) is 69.5. The van der Waals surface area contributed by atoms with Crippen molar-refractivity contribution in [2.45, 2.75) is 9.79 Å². The van der Waals surface area contributed by atoms with Gasteiger partial charge in [-0.05, 0) is 76.3 Å². The van der Waals surface area contributed by atoms with Crippen LogP contribution in [-0.2, 0) is 10.8 Å². The van der Waals surface area contributed by atoms with Gasteiger partial charge in [0.25, 0.3) is 0 Å². The van der Waals surface area contributed by atoms with Gasteiger partial charge in [0.2, 0.25) is 0 Å². The van der Waals surface area contributed by atoms with Crippen molar-refractivity contribution in [3.63, 3.8) is 0 Å². The number of fused-ring (bicyclic) bond motifs is 6. The lowest BCUT2D eigenvalue weighted by atomic mass is 9.98. The average molecular weight is 748 g/mol. The maximum Gasteiger partial charge on any atom is 0.160 e. The highest BCUT2D eigenvalue weighted by Gasteiger charge is 2.28. The maximum atomic E-state index is 13.8. The minimum absolute atomic E-state index is 0.686. The molecular formula is C52H33N3OS. The number of rotatable bonds is 6. The monoisotopic (exact) mass is 747 g/mol. The molecule has 0 spiro atoms. The van der Waals surface area contributed by atoms with Gasteiger partial charge in [0.1, 0.15) is 0 Å². The van der Waals surface area contributed by atoms with Crippen LogP contribution in [-0.4, -0.2) is 18.7 Å². The molecule has 0 amide bonds. The average Bonchev–Trinajstić information content (AvgIpc) is 3.78. The number of benzene rings is 8. The van der Waals surface area contributed by atoms with Crippen molar-refractivity contribution in [2.24, 2.45) is 0 Å². The Morgan fingerprint density at radius 1 is 0.386 bits per heavy atom. The van der Waals surface area contributed by atoms with Crippen LogP contribution in [0.25, 0.3) is 94.8 Å². The third-order valence-electron chi connectivity index (χ3n) is 11.0. The first-order chi connectivity index (χ1) is 28.2. The van der Waals surface area contributed by atoms with Gasteiger partial charge in [0, 0.05) is 38.7 Å². The van der Waals surface area contributed by atoms with E-state index in [1.165, 1.54) is 10.8 Å². The molecule has 1 aliphatic rings. The molecule has 0 saturated carbocycles. The van der Waals surface area contributed by atoms with E-state index in [2.05, 4.69) is 150 Å². The number of aromatic nitrogens is 3. The van der Waals surface area contributed by atoms with E-state index in [0.717, 1.165) is 88.0 Å². The standard InChI is InChI=1S/C52H33N3OS/c56-57-50-27-10-8-23-43(50)44-25-13-24-41(51(44)57)38-19-12-21-40(31-38)55-48-26-9-7-22-42(48)45-32-37(28-29-49(45)55)36-18-11-20-39(30-36)52-53-46(34-14-3-1-4-15-34)33-47(54-52)35-16-5-2-6-17-35/h1-33H. The van der Waals surface area contributed by atoms with Crippen LogP contribution in [0.4, 0.5) is 0 Å². The molecule has 1 unspecified atom stereocenters. The van der Waals surface area contributed by atoms with E-state index in [1.807, 2.05) is 54.6 Å². The van der Waals surface area contributed by atoms with Crippen molar-refractivity contribution >= 4 is 32.6 Å². The summed E-state index contributed by atoms with van der Waals surface area (Å²) in [5, 5.41) is 2.35. The van der Waals surface area contributed by atoms with Gasteiger partial charge in [-0.15, -0.1) is 0 Å². The third-order valence-corrected chi connectivity index (χ3v) is 12.6. The van der Waals surface area contributed by atoms with Gasteiger partial charge in [-0.1, -0.05) is 152 Å². The van der Waals surface area contributed by atoms with Crippen LogP contribution >= 0.6 is 0 Å². The Morgan fingerprint density at radius 2 is 0.965 bits per heavy atom. The lowest BCUT2D eigenvalue weighted by molar-refractivity contribution is 0.685. The Balaban J connectivity index is 1.01. The molecule has 10 aromatic rings. The second-order valence-corrected chi connectivity index (χ2v) is 15.7. The van der Waals surface area contributed by atoms with Gasteiger partial charge >= 0.3 is 0 Å². The summed E-state index contributed by atoms with van der Waals surface area (Å²) >= 11 is 0. The van der Waals surface area contributed by atoms with Crippen LogP contribution in [0.3, 0.4) is 0 Å². The molecule has 4 nitrogen and oxygen atoms in total. The van der Waals surface area contributed by atoms with Gasteiger partial charge in [-0.3, -0.25) is 0 Å². The zero-order valence-corrected chi connectivity index (χ0v) is 31.5. The Hall–Kier alpha value is -7.21. The van der Waals surface area contributed by atoms with Crippen molar-refractivity contribution in [2.75, 3.05) is 0 Å². The normalized spacial score (nSPS) is 13.2. The van der Waals surface area contributed by atoms with Crippen molar-refractivity contribution in [1.29, 1.82) is 0 Å². The zero-order chi connectivity index (χ0) is 37.9. The molecule has 5 heteroatoms. The molecule has 0 saturated heterocycles. The lowest BCUT2D eigenvalue weighted by Gasteiger charge is -2.13. The number of para-hydroxylation sites is 1. The molecule has 0 fully saturated rings. The van der Waals surface area contributed by atoms with Gasteiger partial charge in [0.15, 0.2) is 5.82 Å². The fourth-order valence-corrected chi connectivity index (χ4v) is 9.87. The molecule has 0 radical (unpaired) electrons. The first-order valence-electron chi connectivity index (χ1n) is 19.1. The van der Waals surface area contributed by atoms with Crippen LogP contribution in [0.5, 0.6) is 0 Å². The molecule has 11 rings (SSSR count). The number of hydrogen-bond donors (Lipinski definition) is 0. The van der Waals surface area contributed by atoms with Crippen molar-refractivity contribution < 1.29 is 4.21 Å². The smallest absolute Gasteiger partial charge is 0.160 e. The molecule has 0 bridgehead atoms. The number of nitrogens with zero attached hydrogens (tertiary/aromatic N) is 3. The molecule has 57 heavy (non-hydrogen) atoms. The van der Waals surface area contributed by atoms with E-state index in [1.54, 1.807) is 0 Å². The summed E-state index contributed by atoms with van der Waals surface area (Å²) < 4.78 is 16.2. The topological polar surface area (TPSA) is 47.8 Å². The van der Waals surface area contributed by atoms with Gasteiger partial charge < -0.3 is 4.57 Å². The first-order valence-corrected chi connectivity index (χ1v) is 20.2. The molecule has 8 aromatic carbocycles. The van der Waals surface area contributed by atoms with Crippen LogP contribution < -0.4 is 0 Å². The van der Waals surface area contributed by atoms with Crippen LogP contribution in [0.1, 0.15) is 0 Å². The Bertz CT molecular complexity index is 3150. The van der Waals surface area contributed by atoms with E-state index in [-0.39, 0.29) is 0 Å². The Kier molecular flexibility index (Phi) is 7.86. The van der Waals surface area contributed by atoms with Crippen molar-refractivity contribution in [3.05, 3.63) is 200 Å². The molecular weight excluding hydrogens is 715 g/mol. The van der Waals surface area contributed by atoms with Crippen molar-refractivity contribution in [3.8, 4) is 73.0 Å². The predicted octanol–water partition coefficient (Wildman–Crippen LogP) is 13.1. The minimum atomic E-state index is -1.24. The predicted molar refractivity (Wildman–Crippen MR) is 234 cm³/mol. The van der Waals surface area contributed by atoms with Crippen molar-refractivity contribution in [1.82, 2.24) is 14.5 Å². The molecule has 2 aromatic heterocycles. The molecule has 1 atom stereocenters.